The van der Waals surface area contributed by atoms with Crippen molar-refractivity contribution in [1.29, 1.82) is 0 Å². The van der Waals surface area contributed by atoms with Gasteiger partial charge in [0.05, 0.1) is 24.9 Å². The number of piperidine rings is 1. The Bertz CT molecular complexity index is 580. The molecule has 164 valence electrons. The second kappa shape index (κ2) is 8.72. The summed E-state index contributed by atoms with van der Waals surface area (Å²) in [5, 5.41) is 3.92. The number of hydrogen-bond acceptors (Lipinski definition) is 4. The van der Waals surface area contributed by atoms with Gasteiger partial charge in [0, 0.05) is 50.2 Å². The molecule has 6 nitrogen and oxygen atoms in total. The number of nitrogens with one attached hydrogen (secondary N) is 1. The van der Waals surface area contributed by atoms with E-state index in [4.69, 9.17) is 19.2 Å². The largest absolute Gasteiger partial charge is 0.377 e. The summed E-state index contributed by atoms with van der Waals surface area (Å²) in [7, 11) is 0. The molecule has 5 aliphatic rings. The van der Waals surface area contributed by atoms with Crippen LogP contribution in [0.5, 0.6) is 0 Å². The number of ether oxygens (including phenoxy) is 3. The van der Waals surface area contributed by atoms with Gasteiger partial charge in [0.25, 0.3) is 0 Å². The highest BCUT2D eigenvalue weighted by molar-refractivity contribution is 5.80. The zero-order chi connectivity index (χ0) is 19.7. The van der Waals surface area contributed by atoms with Crippen LogP contribution in [0.2, 0.25) is 0 Å². The molecule has 3 saturated heterocycles. The van der Waals surface area contributed by atoms with E-state index in [0.717, 1.165) is 64.7 Å². The third kappa shape index (κ3) is 3.81. The van der Waals surface area contributed by atoms with Crippen molar-refractivity contribution in [2.24, 2.45) is 16.3 Å². The van der Waals surface area contributed by atoms with Crippen molar-refractivity contribution in [2.75, 3.05) is 39.5 Å². The van der Waals surface area contributed by atoms with Crippen LogP contribution in [0.1, 0.15) is 64.7 Å². The molecule has 0 aromatic heterocycles. The molecular formula is C23H39N3O3. The highest BCUT2D eigenvalue weighted by atomic mass is 16.5. The van der Waals surface area contributed by atoms with Crippen LogP contribution in [0.25, 0.3) is 0 Å². The van der Waals surface area contributed by atoms with Crippen LogP contribution in [0.3, 0.4) is 0 Å². The molecule has 5 fully saturated rings. The summed E-state index contributed by atoms with van der Waals surface area (Å²) < 4.78 is 18.1. The molecule has 29 heavy (non-hydrogen) atoms. The van der Waals surface area contributed by atoms with Crippen molar-refractivity contribution in [3.8, 4) is 0 Å². The van der Waals surface area contributed by atoms with Gasteiger partial charge in [-0.25, -0.2) is 0 Å². The molecule has 0 amide bonds. The molecule has 1 N–H and O–H groups in total. The Labute approximate surface area is 175 Å². The Kier molecular flexibility index (Phi) is 6.03. The molecule has 2 saturated carbocycles. The lowest BCUT2D eigenvalue weighted by molar-refractivity contribution is -0.171. The van der Waals surface area contributed by atoms with Crippen molar-refractivity contribution in [2.45, 2.75) is 89.1 Å². The maximum absolute atomic E-state index is 6.21. The topological polar surface area (TPSA) is 55.3 Å². The lowest BCUT2D eigenvalue weighted by Gasteiger charge is -2.63. The van der Waals surface area contributed by atoms with Gasteiger partial charge >= 0.3 is 0 Å². The summed E-state index contributed by atoms with van der Waals surface area (Å²) in [6, 6.07) is 0.562. The Hall–Kier alpha value is -0.850. The summed E-state index contributed by atoms with van der Waals surface area (Å²) in [6.07, 6.45) is 12.2. The van der Waals surface area contributed by atoms with Crippen LogP contribution in [-0.2, 0) is 14.2 Å². The van der Waals surface area contributed by atoms with E-state index in [1.54, 1.807) is 0 Å². The lowest BCUT2D eigenvalue weighted by atomic mass is 9.46. The summed E-state index contributed by atoms with van der Waals surface area (Å²) in [5.41, 5.74) is 0.400. The average Bonchev–Trinajstić information content (AvgIpc) is 3.14. The monoisotopic (exact) mass is 405 g/mol. The molecule has 0 radical (unpaired) electrons. The van der Waals surface area contributed by atoms with Crippen molar-refractivity contribution < 1.29 is 14.2 Å². The fourth-order valence-electron chi connectivity index (χ4n) is 6.40. The molecule has 4 unspecified atom stereocenters. The highest BCUT2D eigenvalue weighted by Crippen LogP contribution is 2.62. The molecule has 0 bridgehead atoms. The van der Waals surface area contributed by atoms with Gasteiger partial charge in [0.15, 0.2) is 5.96 Å². The maximum Gasteiger partial charge on any atom is 0.194 e. The Morgan fingerprint density at radius 2 is 1.93 bits per heavy atom. The molecule has 3 aliphatic heterocycles. The van der Waals surface area contributed by atoms with Crippen molar-refractivity contribution in [1.82, 2.24) is 10.2 Å². The van der Waals surface area contributed by atoms with E-state index in [2.05, 4.69) is 17.1 Å². The van der Waals surface area contributed by atoms with E-state index in [1.165, 1.54) is 38.5 Å². The first kappa shape index (κ1) is 20.1. The van der Waals surface area contributed by atoms with E-state index in [-0.39, 0.29) is 0 Å². The summed E-state index contributed by atoms with van der Waals surface area (Å²) in [5.74, 6) is 1.82. The Morgan fingerprint density at radius 3 is 2.62 bits per heavy atom. The third-order valence-corrected chi connectivity index (χ3v) is 8.16. The van der Waals surface area contributed by atoms with E-state index in [9.17, 15) is 0 Å². The minimum atomic E-state index is 0.319. The number of fused-ring (bicyclic) bond motifs is 2. The average molecular weight is 406 g/mol. The third-order valence-electron chi connectivity index (χ3n) is 8.16. The second-order valence-electron chi connectivity index (χ2n) is 9.76. The predicted octanol–water partition coefficient (Wildman–Crippen LogP) is 2.96. The summed E-state index contributed by atoms with van der Waals surface area (Å²) in [4.78, 5) is 7.35. The summed E-state index contributed by atoms with van der Waals surface area (Å²) in [6.45, 7) is 7.67. The number of guanidine groups is 1. The van der Waals surface area contributed by atoms with Crippen LogP contribution in [0.15, 0.2) is 4.99 Å². The van der Waals surface area contributed by atoms with Gasteiger partial charge in [0.1, 0.15) is 0 Å². The van der Waals surface area contributed by atoms with Gasteiger partial charge in [-0.2, -0.15) is 0 Å². The van der Waals surface area contributed by atoms with Gasteiger partial charge in [-0.05, 0) is 58.3 Å². The SMILES string of the molecule is CCN=C(NC1C2CCOC2C12CCC2)N1CCC(OCC2CCCCO2)CC1. The first-order valence-electron chi connectivity index (χ1n) is 12.2. The molecule has 1 spiro atoms. The zero-order valence-electron chi connectivity index (χ0n) is 18.1. The normalized spacial score (nSPS) is 37.1. The summed E-state index contributed by atoms with van der Waals surface area (Å²) >= 11 is 0. The smallest absolute Gasteiger partial charge is 0.194 e. The number of likely N-dealkylation sites (tertiary alicyclic amines) is 1. The first-order chi connectivity index (χ1) is 14.3. The van der Waals surface area contributed by atoms with E-state index in [1.807, 2.05) is 0 Å². The molecule has 0 aromatic carbocycles. The number of rotatable bonds is 5. The fourth-order valence-corrected chi connectivity index (χ4v) is 6.40. The standard InChI is InChI=1S/C23H39N3O3/c1-2-24-22(25-20-19-9-15-28-21(19)23(20)10-5-11-23)26-12-7-17(8-13-26)29-16-18-6-3-4-14-27-18/h17-21H,2-16H2,1H3,(H,24,25). The Balaban J connectivity index is 1.13. The van der Waals surface area contributed by atoms with Crippen LogP contribution >= 0.6 is 0 Å². The molecule has 4 atom stereocenters. The molecule has 3 heterocycles. The number of aliphatic imine (C=N–C) groups is 1. The minimum absolute atomic E-state index is 0.319. The molecule has 5 rings (SSSR count). The van der Waals surface area contributed by atoms with Crippen LogP contribution in [-0.4, -0.2) is 74.7 Å². The van der Waals surface area contributed by atoms with Gasteiger partial charge < -0.3 is 24.4 Å². The van der Waals surface area contributed by atoms with E-state index >= 15 is 0 Å². The molecular weight excluding hydrogens is 366 g/mol. The van der Waals surface area contributed by atoms with Crippen LogP contribution < -0.4 is 5.32 Å². The number of hydrogen-bond donors (Lipinski definition) is 1. The van der Waals surface area contributed by atoms with Crippen LogP contribution in [0, 0.1) is 11.3 Å². The van der Waals surface area contributed by atoms with E-state index in [0.29, 0.717) is 35.7 Å². The number of nitrogens with zero attached hydrogens (tertiary/aromatic N) is 2. The van der Waals surface area contributed by atoms with Crippen molar-refractivity contribution in [3.05, 3.63) is 0 Å². The Morgan fingerprint density at radius 1 is 1.07 bits per heavy atom. The fraction of sp³-hybridized carbons (Fsp3) is 0.957. The van der Waals surface area contributed by atoms with E-state index < -0.39 is 0 Å². The van der Waals surface area contributed by atoms with Crippen LogP contribution in [0.4, 0.5) is 0 Å². The maximum atomic E-state index is 6.21. The predicted molar refractivity (Wildman–Crippen MR) is 113 cm³/mol. The van der Waals surface area contributed by atoms with Crippen molar-refractivity contribution in [3.63, 3.8) is 0 Å². The van der Waals surface area contributed by atoms with Crippen molar-refractivity contribution >= 4 is 5.96 Å². The quantitative estimate of drug-likeness (QED) is 0.563. The van der Waals surface area contributed by atoms with Gasteiger partial charge in [-0.15, -0.1) is 0 Å². The lowest BCUT2D eigenvalue weighted by Crippen LogP contribution is -2.72. The first-order valence-corrected chi connectivity index (χ1v) is 12.2. The zero-order valence-corrected chi connectivity index (χ0v) is 18.1. The molecule has 0 aromatic rings. The van der Waals surface area contributed by atoms with Gasteiger partial charge in [-0.3, -0.25) is 4.99 Å². The van der Waals surface area contributed by atoms with Gasteiger partial charge in [-0.1, -0.05) is 6.42 Å². The molecule has 6 heteroatoms. The highest BCUT2D eigenvalue weighted by Gasteiger charge is 2.66. The molecule has 2 aliphatic carbocycles. The minimum Gasteiger partial charge on any atom is -0.377 e. The van der Waals surface area contributed by atoms with Gasteiger partial charge in [0.2, 0.25) is 0 Å². The second-order valence-corrected chi connectivity index (χ2v) is 9.76.